The highest BCUT2D eigenvalue weighted by atomic mass is 15.1. The van der Waals surface area contributed by atoms with E-state index in [1.165, 1.54) is 123 Å². The highest BCUT2D eigenvalue weighted by molar-refractivity contribution is 5.70. The topological polar surface area (TPSA) is 16.2 Å². The van der Waals surface area contributed by atoms with E-state index in [9.17, 15) is 0 Å². The molecule has 0 fully saturated rings. The van der Waals surface area contributed by atoms with Crippen molar-refractivity contribution in [1.29, 1.82) is 0 Å². The molecule has 0 radical (unpaired) electrons. The minimum atomic E-state index is 0.242. The van der Waals surface area contributed by atoms with Gasteiger partial charge >= 0.3 is 0 Å². The monoisotopic (exact) mass is 1300 g/mol. The molecule has 0 aliphatic carbocycles. The molecule has 0 atom stereocenters. The molecule has 11 aromatic carbocycles. The Morgan fingerprint density at radius 1 is 0.245 bits per heavy atom. The van der Waals surface area contributed by atoms with Gasteiger partial charge in [0.1, 0.15) is 0 Å². The zero-order valence-electron chi connectivity index (χ0n) is 61.3. The Balaban J connectivity index is 0.000000172. The molecule has 0 unspecified atom stereocenters. The number of aryl methyl sites for hydroxylation is 3. The number of hydrogen-bond acceptors (Lipinski definition) is 5. The van der Waals surface area contributed by atoms with Gasteiger partial charge in [-0.1, -0.05) is 212 Å². The third-order valence-electron chi connectivity index (χ3n) is 19.9. The first-order valence-electron chi connectivity index (χ1n) is 36.6. The number of benzene rings is 11. The van der Waals surface area contributed by atoms with Crippen LogP contribution in [-0.4, -0.2) is 65.4 Å². The summed E-state index contributed by atoms with van der Waals surface area (Å²) in [4.78, 5) is 12.0. The quantitative estimate of drug-likeness (QED) is 0.0476. The Morgan fingerprint density at radius 3 is 0.796 bits per heavy atom. The molecule has 0 spiro atoms. The molecule has 0 saturated heterocycles. The van der Waals surface area contributed by atoms with Crippen molar-refractivity contribution in [2.45, 2.75) is 115 Å². The summed E-state index contributed by atoms with van der Waals surface area (Å²) in [7, 11) is 0. The Bertz CT molecular complexity index is 3890. The summed E-state index contributed by atoms with van der Waals surface area (Å²) >= 11 is 0. The first kappa shape index (κ1) is 72.7. The van der Waals surface area contributed by atoms with Crippen LogP contribution in [0.4, 0.5) is 28.4 Å². The van der Waals surface area contributed by atoms with E-state index in [0.717, 1.165) is 78.3 Å². The Labute approximate surface area is 591 Å². The lowest BCUT2D eigenvalue weighted by Gasteiger charge is -2.27. The standard InChI is InChI=1S/C33H38N2.C31H42N2.C29H29N/c1-5-34(6-2)32-21-17-30(18-22-32)28-13-9-26(10-14-28)25-27-11-15-29(16-12-27)31-19-23-33(24-20-31)35(7-3)8-4;1-8-32(9-2)27-16-18-29(24(6)20-27)31(22-26-14-12-23(5)13-15-26)30-19-17-28(21-25(30)7)33(10-3)11-4;1-3-30(4-2)28-21-19-24(20-22-28)23-15-17-27(18-16-23)29(25-11-7-5-8-12-25)26-13-9-6-10-14-26/h9-24H,5-8,25H2,1-4H3;12-21,31H,8-11,22H2,1-7H3;5-22,29H,3-4H2,1-2H3. The summed E-state index contributed by atoms with van der Waals surface area (Å²) in [5.74, 6) is 0.579. The van der Waals surface area contributed by atoms with Gasteiger partial charge in [-0.05, 0) is 253 Å². The second-order valence-electron chi connectivity index (χ2n) is 25.8. The van der Waals surface area contributed by atoms with Gasteiger partial charge in [0.25, 0.3) is 0 Å². The van der Waals surface area contributed by atoms with Crippen molar-refractivity contribution >= 4 is 28.4 Å². The predicted molar refractivity (Wildman–Crippen MR) is 429 cm³/mol. The summed E-state index contributed by atoms with van der Waals surface area (Å²) in [5, 5.41) is 0. The number of nitrogens with zero attached hydrogens (tertiary/aromatic N) is 5. The van der Waals surface area contributed by atoms with Crippen LogP contribution in [0.2, 0.25) is 0 Å². The van der Waals surface area contributed by atoms with E-state index < -0.39 is 0 Å². The Hall–Kier alpha value is -9.58. The first-order valence-corrected chi connectivity index (χ1v) is 36.6. The maximum atomic E-state index is 2.43. The van der Waals surface area contributed by atoms with Crippen LogP contribution in [0, 0.1) is 20.8 Å². The molecule has 5 heteroatoms. The number of rotatable bonds is 27. The van der Waals surface area contributed by atoms with Crippen LogP contribution in [0.5, 0.6) is 0 Å². The van der Waals surface area contributed by atoms with E-state index in [1.54, 1.807) is 0 Å². The van der Waals surface area contributed by atoms with Crippen LogP contribution in [0.25, 0.3) is 33.4 Å². The van der Waals surface area contributed by atoms with E-state index in [-0.39, 0.29) is 5.92 Å². The van der Waals surface area contributed by atoms with E-state index in [1.807, 2.05) is 0 Å². The van der Waals surface area contributed by atoms with Gasteiger partial charge in [0.05, 0.1) is 0 Å². The van der Waals surface area contributed by atoms with Crippen LogP contribution in [0.3, 0.4) is 0 Å². The fourth-order valence-corrected chi connectivity index (χ4v) is 14.0. The van der Waals surface area contributed by atoms with E-state index >= 15 is 0 Å². The summed E-state index contributed by atoms with van der Waals surface area (Å²) in [5.41, 5.74) is 29.1. The van der Waals surface area contributed by atoms with Crippen molar-refractivity contribution in [3.8, 4) is 33.4 Å². The van der Waals surface area contributed by atoms with Gasteiger partial charge in [-0.25, -0.2) is 0 Å². The minimum absolute atomic E-state index is 0.242. The van der Waals surface area contributed by atoms with Gasteiger partial charge in [0.15, 0.2) is 0 Å². The third-order valence-corrected chi connectivity index (χ3v) is 19.9. The molecule has 11 aromatic rings. The van der Waals surface area contributed by atoms with Gasteiger partial charge in [0, 0.05) is 106 Å². The second-order valence-corrected chi connectivity index (χ2v) is 25.8. The van der Waals surface area contributed by atoms with Gasteiger partial charge in [0.2, 0.25) is 0 Å². The molecule has 0 aliphatic heterocycles. The van der Waals surface area contributed by atoms with Crippen molar-refractivity contribution < 1.29 is 0 Å². The maximum absolute atomic E-state index is 2.43. The molecule has 0 N–H and O–H groups in total. The predicted octanol–water partition coefficient (Wildman–Crippen LogP) is 23.4. The zero-order chi connectivity index (χ0) is 69.3. The summed E-state index contributed by atoms with van der Waals surface area (Å²) in [6.45, 7) is 39.2. The van der Waals surface area contributed by atoms with Crippen LogP contribution in [-0.2, 0) is 12.8 Å². The van der Waals surface area contributed by atoms with Crippen LogP contribution in [0.1, 0.15) is 142 Å². The molecule has 98 heavy (non-hydrogen) atoms. The van der Waals surface area contributed by atoms with Gasteiger partial charge in [-0.15, -0.1) is 0 Å². The number of hydrogen-bond donors (Lipinski definition) is 0. The van der Waals surface area contributed by atoms with Crippen molar-refractivity contribution in [2.24, 2.45) is 0 Å². The molecule has 0 heterocycles. The lowest BCUT2D eigenvalue weighted by molar-refractivity contribution is 0.787. The summed E-state index contributed by atoms with van der Waals surface area (Å²) < 4.78 is 0. The first-order chi connectivity index (χ1) is 47.8. The summed E-state index contributed by atoms with van der Waals surface area (Å²) in [6, 6.07) is 98.6. The van der Waals surface area contributed by atoms with E-state index in [0.29, 0.717) is 5.92 Å². The van der Waals surface area contributed by atoms with E-state index in [4.69, 9.17) is 0 Å². The number of anilines is 5. The molecule has 5 nitrogen and oxygen atoms in total. The molecule has 0 bridgehead atoms. The molecular formula is C93H109N5. The molecule has 0 aliphatic rings. The molecule has 506 valence electrons. The van der Waals surface area contributed by atoms with Gasteiger partial charge < -0.3 is 24.5 Å². The summed E-state index contributed by atoms with van der Waals surface area (Å²) in [6.07, 6.45) is 1.96. The fourth-order valence-electron chi connectivity index (χ4n) is 14.0. The SMILES string of the molecule is CCN(CC)c1ccc(-c2ccc(C(c3ccccc3)c3ccccc3)cc2)cc1.CCN(CC)c1ccc(-c2ccc(Cc3ccc(-c4ccc(N(CC)CC)cc4)cc3)cc2)cc1.CCN(CC)c1ccc(C(Cc2ccc(C)cc2)c2ccc(N(CC)CC)cc2C)c(C)c1. The highest BCUT2D eigenvalue weighted by Crippen LogP contribution is 2.38. The molecule has 0 amide bonds. The molecule has 0 saturated carbocycles. The average Bonchev–Trinajstić information content (AvgIpc) is 0.806. The fraction of sp³-hybridized carbons (Fsp3) is 0.290. The van der Waals surface area contributed by atoms with Crippen molar-refractivity contribution in [3.63, 3.8) is 0 Å². The smallest absolute Gasteiger partial charge is 0.0368 e. The van der Waals surface area contributed by atoms with Crippen molar-refractivity contribution in [1.82, 2.24) is 0 Å². The normalized spacial score (nSPS) is 11.0. The Morgan fingerprint density at radius 2 is 0.500 bits per heavy atom. The average molecular weight is 1300 g/mol. The third kappa shape index (κ3) is 18.9. The largest absolute Gasteiger partial charge is 0.372 e. The second kappa shape index (κ2) is 36.7. The highest BCUT2D eigenvalue weighted by Gasteiger charge is 2.22. The molecule has 11 rings (SSSR count). The van der Waals surface area contributed by atoms with Crippen molar-refractivity contribution in [3.05, 3.63) is 328 Å². The lowest BCUT2D eigenvalue weighted by atomic mass is 9.81. The van der Waals surface area contributed by atoms with Gasteiger partial charge in [-0.2, -0.15) is 0 Å². The van der Waals surface area contributed by atoms with Crippen molar-refractivity contribution in [2.75, 3.05) is 89.9 Å². The minimum Gasteiger partial charge on any atom is -0.372 e. The van der Waals surface area contributed by atoms with Crippen LogP contribution >= 0.6 is 0 Å². The Kier molecular flexibility index (Phi) is 27.2. The van der Waals surface area contributed by atoms with Crippen LogP contribution < -0.4 is 24.5 Å². The van der Waals surface area contributed by atoms with Gasteiger partial charge in [-0.3, -0.25) is 0 Å². The zero-order valence-corrected chi connectivity index (χ0v) is 61.3. The molecule has 0 aromatic heterocycles. The van der Waals surface area contributed by atoms with E-state index in [2.05, 4.69) is 381 Å². The lowest BCUT2D eigenvalue weighted by Crippen LogP contribution is -2.22. The maximum Gasteiger partial charge on any atom is 0.0368 e. The molecular weight excluding hydrogens is 1190 g/mol. The van der Waals surface area contributed by atoms with Crippen LogP contribution in [0.15, 0.2) is 267 Å².